The van der Waals surface area contributed by atoms with Gasteiger partial charge in [0.15, 0.2) is 6.04 Å². The molecule has 0 aliphatic rings. The Bertz CT molecular complexity index is 453. The molecule has 0 saturated heterocycles. The zero-order chi connectivity index (χ0) is 18.9. The van der Waals surface area contributed by atoms with Crippen molar-refractivity contribution in [2.24, 2.45) is 5.92 Å². The molecular weight excluding hydrogens is 310 g/mol. The molecular formula is C18H31NO5. The lowest BCUT2D eigenvalue weighted by atomic mass is 9.94. The van der Waals surface area contributed by atoms with Gasteiger partial charge in [-0.1, -0.05) is 31.7 Å². The molecule has 0 radical (unpaired) electrons. The summed E-state index contributed by atoms with van der Waals surface area (Å²) < 4.78 is 10.3. The molecule has 0 spiro atoms. The highest BCUT2D eigenvalue weighted by Gasteiger charge is 2.38. The van der Waals surface area contributed by atoms with Crippen LogP contribution in [0.2, 0.25) is 0 Å². The van der Waals surface area contributed by atoms with Crippen molar-refractivity contribution in [3.05, 3.63) is 24.8 Å². The second-order valence-corrected chi connectivity index (χ2v) is 6.73. The maximum absolute atomic E-state index is 12.3. The topological polar surface area (TPSA) is 76.1 Å². The summed E-state index contributed by atoms with van der Waals surface area (Å²) in [7, 11) is 1.42. The number of aliphatic hydroxyl groups is 1. The van der Waals surface area contributed by atoms with Crippen LogP contribution in [-0.2, 0) is 14.3 Å². The summed E-state index contributed by atoms with van der Waals surface area (Å²) in [4.78, 5) is 25.7. The van der Waals surface area contributed by atoms with Gasteiger partial charge in [-0.3, -0.25) is 4.90 Å². The minimum atomic E-state index is -1.15. The number of aliphatic hydroxyl groups excluding tert-OH is 1. The van der Waals surface area contributed by atoms with E-state index in [1.165, 1.54) is 13.1 Å². The van der Waals surface area contributed by atoms with Crippen LogP contribution in [0.4, 0.5) is 4.79 Å². The van der Waals surface area contributed by atoms with Crippen LogP contribution in [0.1, 0.15) is 41.0 Å². The molecule has 0 bridgehead atoms. The number of nitrogens with zero attached hydrogens (tertiary/aromatic N) is 1. The highest BCUT2D eigenvalue weighted by atomic mass is 16.6. The van der Waals surface area contributed by atoms with Crippen molar-refractivity contribution in [1.82, 2.24) is 4.90 Å². The van der Waals surface area contributed by atoms with Gasteiger partial charge in [0.1, 0.15) is 12.2 Å². The van der Waals surface area contributed by atoms with Gasteiger partial charge in [-0.15, -0.1) is 0 Å². The van der Waals surface area contributed by atoms with Crippen LogP contribution in [-0.4, -0.2) is 53.5 Å². The Balaban J connectivity index is 5.33. The van der Waals surface area contributed by atoms with Crippen molar-refractivity contribution in [2.75, 3.05) is 13.7 Å². The minimum Gasteiger partial charge on any atom is -0.460 e. The summed E-state index contributed by atoms with van der Waals surface area (Å²) in [6, 6.07) is -1.15. The van der Waals surface area contributed by atoms with Crippen LogP contribution in [0.25, 0.3) is 0 Å². The zero-order valence-corrected chi connectivity index (χ0v) is 15.6. The molecule has 0 aliphatic heterocycles. The third-order valence-corrected chi connectivity index (χ3v) is 3.33. The number of amides is 1. The molecule has 0 heterocycles. The number of esters is 1. The van der Waals surface area contributed by atoms with E-state index in [-0.39, 0.29) is 12.5 Å². The maximum atomic E-state index is 12.3. The lowest BCUT2D eigenvalue weighted by molar-refractivity contribution is -0.153. The van der Waals surface area contributed by atoms with E-state index in [0.717, 1.165) is 4.90 Å². The summed E-state index contributed by atoms with van der Waals surface area (Å²) in [6.45, 7) is 12.4. The van der Waals surface area contributed by atoms with Crippen LogP contribution >= 0.6 is 0 Å². The van der Waals surface area contributed by atoms with Crippen molar-refractivity contribution in [3.8, 4) is 0 Å². The molecule has 0 rings (SSSR count). The molecule has 0 aromatic heterocycles. The Morgan fingerprint density at radius 1 is 1.33 bits per heavy atom. The van der Waals surface area contributed by atoms with Crippen LogP contribution in [0.15, 0.2) is 24.8 Å². The monoisotopic (exact) mass is 341 g/mol. The number of carbonyl (C=O) groups is 2. The van der Waals surface area contributed by atoms with Crippen LogP contribution in [0.3, 0.4) is 0 Å². The number of ether oxygens (including phenoxy) is 2. The van der Waals surface area contributed by atoms with E-state index in [9.17, 15) is 14.7 Å². The Labute approximate surface area is 145 Å². The first-order valence-corrected chi connectivity index (χ1v) is 8.07. The molecule has 6 heteroatoms. The van der Waals surface area contributed by atoms with Crippen LogP contribution in [0, 0.1) is 5.92 Å². The lowest BCUT2D eigenvalue weighted by Crippen LogP contribution is -2.53. The van der Waals surface area contributed by atoms with Crippen LogP contribution < -0.4 is 0 Å². The van der Waals surface area contributed by atoms with Crippen molar-refractivity contribution in [3.63, 3.8) is 0 Å². The Hall–Kier alpha value is -1.82. The van der Waals surface area contributed by atoms with Crippen molar-refractivity contribution in [1.29, 1.82) is 0 Å². The summed E-state index contributed by atoms with van der Waals surface area (Å²) in [6.07, 6.45) is 3.99. The minimum absolute atomic E-state index is 0.00740. The van der Waals surface area contributed by atoms with E-state index in [2.05, 4.69) is 6.58 Å². The summed E-state index contributed by atoms with van der Waals surface area (Å²) >= 11 is 0. The molecule has 0 saturated carbocycles. The molecule has 0 aliphatic carbocycles. The lowest BCUT2D eigenvalue weighted by Gasteiger charge is -2.33. The maximum Gasteiger partial charge on any atom is 0.410 e. The fraction of sp³-hybridized carbons (Fsp3) is 0.667. The highest BCUT2D eigenvalue weighted by molar-refractivity contribution is 5.82. The normalized spacial score (nSPS) is 15.5. The van der Waals surface area contributed by atoms with E-state index in [4.69, 9.17) is 9.47 Å². The molecule has 24 heavy (non-hydrogen) atoms. The van der Waals surface area contributed by atoms with E-state index in [0.29, 0.717) is 6.42 Å². The van der Waals surface area contributed by atoms with E-state index >= 15 is 0 Å². The van der Waals surface area contributed by atoms with Gasteiger partial charge in [-0.25, -0.2) is 9.59 Å². The van der Waals surface area contributed by atoms with Crippen molar-refractivity contribution < 1.29 is 24.2 Å². The van der Waals surface area contributed by atoms with Gasteiger partial charge in [0.25, 0.3) is 0 Å². The van der Waals surface area contributed by atoms with Gasteiger partial charge in [-0.2, -0.15) is 0 Å². The molecule has 1 N–H and O–H groups in total. The highest BCUT2D eigenvalue weighted by Crippen LogP contribution is 2.19. The van der Waals surface area contributed by atoms with Gasteiger partial charge >= 0.3 is 12.1 Å². The van der Waals surface area contributed by atoms with E-state index in [1.807, 2.05) is 19.1 Å². The molecule has 3 atom stereocenters. The first kappa shape index (κ1) is 22.2. The number of carbonyl (C=O) groups excluding carboxylic acids is 2. The van der Waals surface area contributed by atoms with Crippen molar-refractivity contribution >= 4 is 12.1 Å². The van der Waals surface area contributed by atoms with Gasteiger partial charge in [0, 0.05) is 7.05 Å². The number of hydrogen-bond donors (Lipinski definition) is 1. The fourth-order valence-corrected chi connectivity index (χ4v) is 2.00. The Morgan fingerprint density at radius 2 is 1.92 bits per heavy atom. The smallest absolute Gasteiger partial charge is 0.410 e. The predicted molar refractivity (Wildman–Crippen MR) is 93.5 cm³/mol. The third kappa shape index (κ3) is 7.64. The standard InChI is InChI=1S/C18H31NO5/c1-8-10-11-13(3)15(20)14(16(21)23-12-9-2)19(7)17(22)24-18(4,5)6/h8-10,13-15,20H,2,11-12H2,1,3-7H3/b10-8+/t13-,14+,15-/m1/s1. The fourth-order valence-electron chi connectivity index (χ4n) is 2.00. The number of hydrogen-bond acceptors (Lipinski definition) is 5. The second kappa shape index (κ2) is 10.1. The molecule has 0 aromatic carbocycles. The van der Waals surface area contributed by atoms with Gasteiger partial charge in [0.2, 0.25) is 0 Å². The molecule has 0 aromatic rings. The predicted octanol–water partition coefficient (Wildman–Crippen LogP) is 2.91. The number of likely N-dealkylation sites (N-methyl/N-ethyl adjacent to an activating group) is 1. The van der Waals surface area contributed by atoms with E-state index < -0.39 is 29.8 Å². The van der Waals surface area contributed by atoms with E-state index in [1.54, 1.807) is 27.7 Å². The Morgan fingerprint density at radius 3 is 2.38 bits per heavy atom. The molecule has 0 fully saturated rings. The zero-order valence-electron chi connectivity index (χ0n) is 15.6. The van der Waals surface area contributed by atoms with Gasteiger partial charge in [0.05, 0.1) is 6.10 Å². The summed E-state index contributed by atoms with van der Waals surface area (Å²) in [5.74, 6) is -0.935. The number of allylic oxidation sites excluding steroid dienone is 2. The second-order valence-electron chi connectivity index (χ2n) is 6.73. The summed E-state index contributed by atoms with van der Waals surface area (Å²) in [5, 5.41) is 10.6. The largest absolute Gasteiger partial charge is 0.460 e. The Kier molecular flexibility index (Phi) is 9.36. The van der Waals surface area contributed by atoms with Gasteiger partial charge in [-0.05, 0) is 40.0 Å². The molecule has 138 valence electrons. The average molecular weight is 341 g/mol. The molecule has 0 unspecified atom stereocenters. The average Bonchev–Trinajstić information content (AvgIpc) is 2.48. The van der Waals surface area contributed by atoms with Gasteiger partial charge < -0.3 is 14.6 Å². The molecule has 6 nitrogen and oxygen atoms in total. The quantitative estimate of drug-likeness (QED) is 0.543. The number of rotatable bonds is 8. The SMILES string of the molecule is C=CCOC(=O)[C@H]([C@H](O)[C@H](C)C/C=C/C)N(C)C(=O)OC(C)(C)C. The third-order valence-electron chi connectivity index (χ3n) is 3.33. The first-order valence-electron chi connectivity index (χ1n) is 8.07. The first-order chi connectivity index (χ1) is 11.0. The van der Waals surface area contributed by atoms with Crippen LogP contribution in [0.5, 0.6) is 0 Å². The van der Waals surface area contributed by atoms with Crippen molar-refractivity contribution in [2.45, 2.75) is 58.8 Å². The summed E-state index contributed by atoms with van der Waals surface area (Å²) in [5.41, 5.74) is -0.706. The molecule has 1 amide bonds.